The van der Waals surface area contributed by atoms with Gasteiger partial charge >= 0.3 is 0 Å². The number of fused-ring (bicyclic) bond motifs is 1. The van der Waals surface area contributed by atoms with Gasteiger partial charge in [0.25, 0.3) is 11.6 Å². The number of carbonyl (C=O) groups excluding carboxylic acids is 2. The number of piperazine rings is 1. The Balaban J connectivity index is 1.26. The van der Waals surface area contributed by atoms with Crippen LogP contribution in [0.2, 0.25) is 0 Å². The number of thiophene rings is 1. The molecule has 0 radical (unpaired) electrons. The van der Waals surface area contributed by atoms with Crippen LogP contribution in [0.1, 0.15) is 39.3 Å². The average Bonchev–Trinajstić information content (AvgIpc) is 3.41. The molecule has 2 aromatic carbocycles. The first-order valence-electron chi connectivity index (χ1n) is 12.6. The third-order valence-electron chi connectivity index (χ3n) is 7.40. The summed E-state index contributed by atoms with van der Waals surface area (Å²) in [7, 11) is 1.65. The zero-order chi connectivity index (χ0) is 26.8. The van der Waals surface area contributed by atoms with Gasteiger partial charge in [-0.15, -0.1) is 11.3 Å². The molecule has 38 heavy (non-hydrogen) atoms. The van der Waals surface area contributed by atoms with E-state index in [1.165, 1.54) is 34.7 Å². The fraction of sp³-hybridized carbons (Fsp3) is 0.357. The highest BCUT2D eigenvalue weighted by molar-refractivity contribution is 7.10. The SMILES string of the molecule is COc1ccc([C@@H]2c3ccsc3CCN2CC(=O)N2CCN(C(=O)c3ccc([N+](=O)[O-])cc3)[C@@H](C)C2)cc1. The van der Waals surface area contributed by atoms with Gasteiger partial charge in [0.1, 0.15) is 5.75 Å². The summed E-state index contributed by atoms with van der Waals surface area (Å²) in [5.41, 5.74) is 2.74. The molecule has 0 N–H and O–H groups in total. The monoisotopic (exact) mass is 534 g/mol. The van der Waals surface area contributed by atoms with Gasteiger partial charge in [0.05, 0.1) is 24.6 Å². The third kappa shape index (κ3) is 5.14. The molecule has 0 aliphatic carbocycles. The van der Waals surface area contributed by atoms with Gasteiger partial charge < -0.3 is 14.5 Å². The molecule has 5 rings (SSSR count). The molecule has 2 amide bonds. The lowest BCUT2D eigenvalue weighted by Gasteiger charge is -2.42. The highest BCUT2D eigenvalue weighted by atomic mass is 32.1. The summed E-state index contributed by atoms with van der Waals surface area (Å²) < 4.78 is 5.33. The van der Waals surface area contributed by atoms with Crippen LogP contribution in [0.25, 0.3) is 0 Å². The molecule has 0 unspecified atom stereocenters. The van der Waals surface area contributed by atoms with E-state index < -0.39 is 4.92 Å². The highest BCUT2D eigenvalue weighted by Crippen LogP contribution is 2.38. The van der Waals surface area contributed by atoms with E-state index in [4.69, 9.17) is 4.74 Å². The van der Waals surface area contributed by atoms with Crippen LogP contribution in [0.15, 0.2) is 60.0 Å². The van der Waals surface area contributed by atoms with Crippen molar-refractivity contribution in [3.63, 3.8) is 0 Å². The number of hydrogen-bond acceptors (Lipinski definition) is 7. The third-order valence-corrected chi connectivity index (χ3v) is 8.40. The van der Waals surface area contributed by atoms with E-state index in [1.807, 2.05) is 24.0 Å². The number of benzene rings is 2. The number of nitro benzene ring substituents is 1. The molecule has 0 spiro atoms. The lowest BCUT2D eigenvalue weighted by Crippen LogP contribution is -2.57. The number of amides is 2. The Morgan fingerprint density at radius 3 is 2.45 bits per heavy atom. The van der Waals surface area contributed by atoms with Crippen molar-refractivity contribution in [3.8, 4) is 5.75 Å². The van der Waals surface area contributed by atoms with Crippen LogP contribution < -0.4 is 4.74 Å². The molecule has 2 aliphatic heterocycles. The quantitative estimate of drug-likeness (QED) is 0.351. The normalized spacial score (nSPS) is 19.6. The molecular formula is C28H30N4O5S. The van der Waals surface area contributed by atoms with E-state index in [2.05, 4.69) is 28.5 Å². The first-order valence-corrected chi connectivity index (χ1v) is 13.5. The van der Waals surface area contributed by atoms with E-state index in [9.17, 15) is 19.7 Å². The Labute approximate surface area is 225 Å². The van der Waals surface area contributed by atoms with Crippen LogP contribution in [0.4, 0.5) is 5.69 Å². The standard InChI is InChI=1S/C28H30N4O5S/c1-19-17-29(14-15-31(19)28(34)21-3-7-22(8-4-21)32(35)36)26(33)18-30-13-11-25-24(12-16-38-25)27(30)20-5-9-23(37-2)10-6-20/h3-10,12,16,19,27H,11,13-15,17-18H2,1-2H3/t19-,27+/m0/s1. The summed E-state index contributed by atoms with van der Waals surface area (Å²) in [5, 5.41) is 13.0. The van der Waals surface area contributed by atoms with Crippen molar-refractivity contribution in [2.75, 3.05) is 39.8 Å². The van der Waals surface area contributed by atoms with Gasteiger partial charge in [-0.1, -0.05) is 12.1 Å². The largest absolute Gasteiger partial charge is 0.497 e. The van der Waals surface area contributed by atoms with Crippen LogP contribution in [0.3, 0.4) is 0 Å². The fourth-order valence-corrected chi connectivity index (χ4v) is 6.27. The van der Waals surface area contributed by atoms with Gasteiger partial charge in [0.15, 0.2) is 0 Å². The maximum absolute atomic E-state index is 13.5. The summed E-state index contributed by atoms with van der Waals surface area (Å²) in [4.78, 5) is 44.2. The van der Waals surface area contributed by atoms with Crippen LogP contribution in [0.5, 0.6) is 5.75 Å². The molecular weight excluding hydrogens is 504 g/mol. The lowest BCUT2D eigenvalue weighted by atomic mass is 9.93. The number of carbonyl (C=O) groups is 2. The molecule has 198 valence electrons. The first kappa shape index (κ1) is 25.9. The molecule has 1 aromatic heterocycles. The number of nitrogens with zero attached hydrogens (tertiary/aromatic N) is 4. The Kier molecular flexibility index (Phi) is 7.44. The van der Waals surface area contributed by atoms with E-state index in [0.717, 1.165) is 24.3 Å². The van der Waals surface area contributed by atoms with E-state index in [1.54, 1.807) is 23.3 Å². The Morgan fingerprint density at radius 2 is 1.79 bits per heavy atom. The first-order chi connectivity index (χ1) is 18.4. The molecule has 1 saturated heterocycles. The van der Waals surface area contributed by atoms with Gasteiger partial charge in [0, 0.05) is 54.8 Å². The number of nitro groups is 1. The second-order valence-corrected chi connectivity index (χ2v) is 10.7. The predicted molar refractivity (Wildman–Crippen MR) is 145 cm³/mol. The van der Waals surface area contributed by atoms with E-state index >= 15 is 0 Å². The average molecular weight is 535 g/mol. The second-order valence-electron chi connectivity index (χ2n) is 9.69. The highest BCUT2D eigenvalue weighted by Gasteiger charge is 2.34. The fourth-order valence-electron chi connectivity index (χ4n) is 5.37. The van der Waals surface area contributed by atoms with E-state index in [0.29, 0.717) is 31.7 Å². The van der Waals surface area contributed by atoms with Gasteiger partial charge in [0.2, 0.25) is 5.91 Å². The summed E-state index contributed by atoms with van der Waals surface area (Å²) in [6.07, 6.45) is 0.918. The summed E-state index contributed by atoms with van der Waals surface area (Å²) >= 11 is 1.77. The van der Waals surface area contributed by atoms with Crippen molar-refractivity contribution in [3.05, 3.63) is 91.7 Å². The molecule has 0 saturated carbocycles. The smallest absolute Gasteiger partial charge is 0.269 e. The van der Waals surface area contributed by atoms with Gasteiger partial charge in [-0.25, -0.2) is 0 Å². The molecule has 3 heterocycles. The van der Waals surface area contributed by atoms with Crippen LogP contribution >= 0.6 is 11.3 Å². The second kappa shape index (κ2) is 10.9. The topological polar surface area (TPSA) is 96.2 Å². The molecule has 10 heteroatoms. The van der Waals surface area contributed by atoms with Gasteiger partial charge in [-0.05, 0) is 60.2 Å². The molecule has 2 aliphatic rings. The molecule has 0 bridgehead atoms. The number of non-ortho nitro benzene ring substituents is 1. The number of methoxy groups -OCH3 is 1. The summed E-state index contributed by atoms with van der Waals surface area (Å²) in [6, 6.07) is 15.7. The Bertz CT molecular complexity index is 1320. The predicted octanol–water partition coefficient (Wildman–Crippen LogP) is 3.99. The van der Waals surface area contributed by atoms with Crippen LogP contribution in [-0.4, -0.2) is 77.3 Å². The van der Waals surface area contributed by atoms with Crippen molar-refractivity contribution in [1.82, 2.24) is 14.7 Å². The van der Waals surface area contributed by atoms with Crippen molar-refractivity contribution in [1.29, 1.82) is 0 Å². The van der Waals surface area contributed by atoms with Crippen molar-refractivity contribution in [2.45, 2.75) is 25.4 Å². The number of ether oxygens (including phenoxy) is 1. The van der Waals surface area contributed by atoms with E-state index in [-0.39, 0.29) is 29.6 Å². The zero-order valence-electron chi connectivity index (χ0n) is 21.4. The number of rotatable bonds is 6. The van der Waals surface area contributed by atoms with Gasteiger partial charge in [-0.3, -0.25) is 24.6 Å². The summed E-state index contributed by atoms with van der Waals surface area (Å²) in [6.45, 7) is 4.34. The Hall–Kier alpha value is -3.76. The molecule has 1 fully saturated rings. The zero-order valence-corrected chi connectivity index (χ0v) is 22.2. The molecule has 3 aromatic rings. The maximum Gasteiger partial charge on any atom is 0.269 e. The molecule has 9 nitrogen and oxygen atoms in total. The Morgan fingerprint density at radius 1 is 1.05 bits per heavy atom. The maximum atomic E-state index is 13.5. The minimum absolute atomic E-state index is 0.00211. The van der Waals surface area contributed by atoms with Crippen molar-refractivity contribution < 1.29 is 19.2 Å². The van der Waals surface area contributed by atoms with Gasteiger partial charge in [-0.2, -0.15) is 0 Å². The summed E-state index contributed by atoms with van der Waals surface area (Å²) in [5.74, 6) is 0.671. The minimum atomic E-state index is -0.484. The molecule has 2 atom stereocenters. The lowest BCUT2D eigenvalue weighted by molar-refractivity contribution is -0.384. The van der Waals surface area contributed by atoms with Crippen LogP contribution in [-0.2, 0) is 11.2 Å². The number of hydrogen-bond donors (Lipinski definition) is 0. The van der Waals surface area contributed by atoms with Crippen molar-refractivity contribution in [2.24, 2.45) is 0 Å². The van der Waals surface area contributed by atoms with Crippen molar-refractivity contribution >= 4 is 28.8 Å². The van der Waals surface area contributed by atoms with Crippen LogP contribution in [0, 0.1) is 10.1 Å². The minimum Gasteiger partial charge on any atom is -0.497 e.